The van der Waals surface area contributed by atoms with Gasteiger partial charge in [0.25, 0.3) is 0 Å². The van der Waals surface area contributed by atoms with Crippen LogP contribution in [0.5, 0.6) is 0 Å². The number of aliphatic hydroxyl groups is 1. The van der Waals surface area contributed by atoms with E-state index >= 15 is 0 Å². The summed E-state index contributed by atoms with van der Waals surface area (Å²) >= 11 is 1.66. The summed E-state index contributed by atoms with van der Waals surface area (Å²) < 4.78 is 1.89. The second kappa shape index (κ2) is 5.13. The van der Waals surface area contributed by atoms with Crippen molar-refractivity contribution in [1.82, 2.24) is 15.0 Å². The van der Waals surface area contributed by atoms with Crippen molar-refractivity contribution >= 4 is 22.8 Å². The SMILES string of the molecule is CSC(n1nnc2ccccc21)C1(O)CCCCC1. The maximum absolute atomic E-state index is 11.0. The van der Waals surface area contributed by atoms with Crippen LogP contribution in [0.4, 0.5) is 0 Å². The second-order valence-corrected chi connectivity index (χ2v) is 6.19. The van der Waals surface area contributed by atoms with E-state index in [4.69, 9.17) is 0 Å². The van der Waals surface area contributed by atoms with E-state index in [9.17, 15) is 5.11 Å². The van der Waals surface area contributed by atoms with Crippen molar-refractivity contribution in [3.8, 4) is 0 Å². The van der Waals surface area contributed by atoms with Gasteiger partial charge in [-0.15, -0.1) is 16.9 Å². The van der Waals surface area contributed by atoms with Crippen LogP contribution in [0, 0.1) is 0 Å². The first-order valence-corrected chi connectivity index (χ1v) is 8.08. The van der Waals surface area contributed by atoms with E-state index in [1.54, 1.807) is 11.8 Å². The van der Waals surface area contributed by atoms with Crippen molar-refractivity contribution in [2.75, 3.05) is 6.26 Å². The molecule has 102 valence electrons. The highest BCUT2D eigenvalue weighted by atomic mass is 32.2. The monoisotopic (exact) mass is 277 g/mol. The van der Waals surface area contributed by atoms with Crippen molar-refractivity contribution in [3.05, 3.63) is 24.3 Å². The molecule has 3 rings (SSSR count). The van der Waals surface area contributed by atoms with E-state index in [0.717, 1.165) is 36.7 Å². The highest BCUT2D eigenvalue weighted by Gasteiger charge is 2.39. The van der Waals surface area contributed by atoms with Gasteiger partial charge in [0.15, 0.2) is 0 Å². The molecule has 1 N–H and O–H groups in total. The molecular formula is C14H19N3OS. The summed E-state index contributed by atoms with van der Waals surface area (Å²) in [5.41, 5.74) is 1.23. The molecule has 1 aliphatic rings. The molecule has 0 saturated heterocycles. The third-order valence-electron chi connectivity index (χ3n) is 4.00. The van der Waals surface area contributed by atoms with Gasteiger partial charge in [0.2, 0.25) is 0 Å². The Bertz CT molecular complexity index is 563. The number of aromatic nitrogens is 3. The Morgan fingerprint density at radius 3 is 2.74 bits per heavy atom. The van der Waals surface area contributed by atoms with E-state index in [-0.39, 0.29) is 5.37 Å². The van der Waals surface area contributed by atoms with Crippen LogP contribution in [0.1, 0.15) is 37.5 Å². The predicted molar refractivity (Wildman–Crippen MR) is 78.1 cm³/mol. The van der Waals surface area contributed by atoms with Gasteiger partial charge in [-0.2, -0.15) is 0 Å². The second-order valence-electron chi connectivity index (χ2n) is 5.28. The number of nitrogens with zero attached hydrogens (tertiary/aromatic N) is 3. The van der Waals surface area contributed by atoms with Crippen LogP contribution in [0.3, 0.4) is 0 Å². The number of benzene rings is 1. The third kappa shape index (κ3) is 2.25. The van der Waals surface area contributed by atoms with Crippen LogP contribution in [0.2, 0.25) is 0 Å². The fourth-order valence-corrected chi connectivity index (χ4v) is 4.05. The molecule has 1 unspecified atom stereocenters. The van der Waals surface area contributed by atoms with Gasteiger partial charge >= 0.3 is 0 Å². The lowest BCUT2D eigenvalue weighted by atomic mass is 9.84. The van der Waals surface area contributed by atoms with Crippen LogP contribution in [0.25, 0.3) is 11.0 Å². The summed E-state index contributed by atoms with van der Waals surface area (Å²) in [5.74, 6) is 0. The highest BCUT2D eigenvalue weighted by molar-refractivity contribution is 7.98. The molecule has 1 fully saturated rings. The lowest BCUT2D eigenvalue weighted by Crippen LogP contribution is -2.40. The fraction of sp³-hybridized carbons (Fsp3) is 0.571. The standard InChI is InChI=1S/C14H19N3OS/c1-19-13(14(18)9-5-2-6-10-14)17-12-8-4-3-7-11(12)15-16-17/h3-4,7-8,13,18H,2,5-6,9-10H2,1H3. The lowest BCUT2D eigenvalue weighted by Gasteiger charge is -2.38. The number of fused-ring (bicyclic) bond motifs is 1. The largest absolute Gasteiger partial charge is 0.387 e. The number of hydrogen-bond acceptors (Lipinski definition) is 4. The van der Waals surface area contributed by atoms with Crippen LogP contribution >= 0.6 is 11.8 Å². The van der Waals surface area contributed by atoms with Gasteiger partial charge in [0.1, 0.15) is 10.9 Å². The predicted octanol–water partition coefficient (Wildman–Crippen LogP) is 2.99. The highest BCUT2D eigenvalue weighted by Crippen LogP contribution is 2.42. The summed E-state index contributed by atoms with van der Waals surface area (Å²) in [6, 6.07) is 7.93. The number of thioether (sulfide) groups is 1. The summed E-state index contributed by atoms with van der Waals surface area (Å²) in [6.45, 7) is 0. The maximum Gasteiger partial charge on any atom is 0.128 e. The van der Waals surface area contributed by atoms with Crippen molar-refractivity contribution in [3.63, 3.8) is 0 Å². The van der Waals surface area contributed by atoms with Crippen molar-refractivity contribution < 1.29 is 5.11 Å². The van der Waals surface area contributed by atoms with Crippen molar-refractivity contribution in [2.45, 2.75) is 43.1 Å². The molecule has 1 aromatic carbocycles. The van der Waals surface area contributed by atoms with Crippen molar-refractivity contribution in [1.29, 1.82) is 0 Å². The first-order valence-electron chi connectivity index (χ1n) is 6.80. The molecule has 0 bridgehead atoms. The summed E-state index contributed by atoms with van der Waals surface area (Å²) in [6.07, 6.45) is 7.16. The molecule has 1 heterocycles. The molecule has 1 atom stereocenters. The maximum atomic E-state index is 11.0. The third-order valence-corrected chi connectivity index (χ3v) is 5.09. The van der Waals surface area contributed by atoms with Gasteiger partial charge in [-0.05, 0) is 31.2 Å². The van der Waals surface area contributed by atoms with Gasteiger partial charge in [0.05, 0.1) is 11.1 Å². The topological polar surface area (TPSA) is 50.9 Å². The molecule has 0 amide bonds. The number of hydrogen-bond donors (Lipinski definition) is 1. The van der Waals surface area contributed by atoms with E-state index in [1.165, 1.54) is 6.42 Å². The zero-order valence-electron chi connectivity index (χ0n) is 11.1. The van der Waals surface area contributed by atoms with Crippen molar-refractivity contribution in [2.24, 2.45) is 0 Å². The molecule has 1 saturated carbocycles. The Morgan fingerprint density at radius 2 is 2.00 bits per heavy atom. The average molecular weight is 277 g/mol. The van der Waals surface area contributed by atoms with Crippen LogP contribution in [-0.4, -0.2) is 32.0 Å². The molecule has 4 nitrogen and oxygen atoms in total. The molecule has 2 aromatic rings. The minimum Gasteiger partial charge on any atom is -0.387 e. The fourth-order valence-electron chi connectivity index (χ4n) is 3.02. The Kier molecular flexibility index (Phi) is 3.50. The molecule has 0 spiro atoms. The van der Waals surface area contributed by atoms with E-state index in [1.807, 2.05) is 35.2 Å². The summed E-state index contributed by atoms with van der Waals surface area (Å²) in [4.78, 5) is 0. The molecule has 0 radical (unpaired) electrons. The normalized spacial score (nSPS) is 20.5. The Hall–Kier alpha value is -1.07. The Morgan fingerprint density at radius 1 is 1.26 bits per heavy atom. The molecular weight excluding hydrogens is 258 g/mol. The molecule has 0 aliphatic heterocycles. The van der Waals surface area contributed by atoms with Crippen LogP contribution in [0.15, 0.2) is 24.3 Å². The first-order chi connectivity index (χ1) is 9.24. The molecule has 1 aromatic heterocycles. The van der Waals surface area contributed by atoms with Gasteiger partial charge in [0, 0.05) is 0 Å². The van der Waals surface area contributed by atoms with Gasteiger partial charge in [-0.1, -0.05) is 36.6 Å². The van der Waals surface area contributed by atoms with Gasteiger partial charge < -0.3 is 5.11 Å². The minimum absolute atomic E-state index is 0.0554. The lowest BCUT2D eigenvalue weighted by molar-refractivity contribution is -0.0170. The average Bonchev–Trinajstić information content (AvgIpc) is 2.84. The number of para-hydroxylation sites is 1. The van der Waals surface area contributed by atoms with E-state index in [0.29, 0.717) is 0 Å². The zero-order chi connectivity index (χ0) is 13.3. The smallest absolute Gasteiger partial charge is 0.128 e. The van der Waals surface area contributed by atoms with Gasteiger partial charge in [-0.25, -0.2) is 4.68 Å². The van der Waals surface area contributed by atoms with E-state index < -0.39 is 5.60 Å². The Labute approximate surface area is 117 Å². The summed E-state index contributed by atoms with van der Waals surface area (Å²) in [7, 11) is 0. The minimum atomic E-state index is -0.659. The quantitative estimate of drug-likeness (QED) is 0.937. The summed E-state index contributed by atoms with van der Waals surface area (Å²) in [5, 5.41) is 19.4. The molecule has 19 heavy (non-hydrogen) atoms. The first kappa shape index (κ1) is 12.9. The molecule has 1 aliphatic carbocycles. The van der Waals surface area contributed by atoms with Gasteiger partial charge in [-0.3, -0.25) is 0 Å². The van der Waals surface area contributed by atoms with Crippen LogP contribution < -0.4 is 0 Å². The van der Waals surface area contributed by atoms with E-state index in [2.05, 4.69) is 10.3 Å². The Balaban J connectivity index is 2.02. The number of rotatable bonds is 3. The molecule has 5 heteroatoms. The zero-order valence-corrected chi connectivity index (χ0v) is 11.9. The van der Waals surface area contributed by atoms with Crippen LogP contribution in [-0.2, 0) is 0 Å².